The number of rotatable bonds is 6. The summed E-state index contributed by atoms with van der Waals surface area (Å²) in [5.74, 6) is -0.306. The first-order valence-electron chi connectivity index (χ1n) is 8.34. The average molecular weight is 326 g/mol. The maximum atomic E-state index is 13.2. The summed E-state index contributed by atoms with van der Waals surface area (Å²) in [5.41, 5.74) is 3.17. The van der Waals surface area contributed by atoms with Crippen LogP contribution in [0.15, 0.2) is 48.5 Å². The van der Waals surface area contributed by atoms with Gasteiger partial charge in [0.15, 0.2) is 0 Å². The van der Waals surface area contributed by atoms with Gasteiger partial charge in [0.2, 0.25) is 5.91 Å². The summed E-state index contributed by atoms with van der Waals surface area (Å²) in [6.07, 6.45) is 2.09. The normalized spacial score (nSPS) is 15.3. The second-order valence-corrected chi connectivity index (χ2v) is 6.64. The molecule has 1 aliphatic carbocycles. The van der Waals surface area contributed by atoms with Gasteiger partial charge in [-0.15, -0.1) is 0 Å². The maximum absolute atomic E-state index is 13.2. The second kappa shape index (κ2) is 7.14. The van der Waals surface area contributed by atoms with E-state index in [0.29, 0.717) is 12.6 Å². The third-order valence-electron chi connectivity index (χ3n) is 4.35. The van der Waals surface area contributed by atoms with Gasteiger partial charge in [0, 0.05) is 12.6 Å². The van der Waals surface area contributed by atoms with Crippen molar-refractivity contribution in [1.82, 2.24) is 10.2 Å². The number of carbonyl (C=O) groups excluding carboxylic acids is 1. The van der Waals surface area contributed by atoms with Crippen molar-refractivity contribution in [2.24, 2.45) is 0 Å². The summed E-state index contributed by atoms with van der Waals surface area (Å²) >= 11 is 0. The average Bonchev–Trinajstić information content (AvgIpc) is 3.36. The van der Waals surface area contributed by atoms with Crippen LogP contribution in [0.5, 0.6) is 0 Å². The Morgan fingerprint density at radius 3 is 2.38 bits per heavy atom. The lowest BCUT2D eigenvalue weighted by Crippen LogP contribution is -2.39. The summed E-state index contributed by atoms with van der Waals surface area (Å²) in [5, 5.41) is 3.07. The number of nitrogens with one attached hydrogen (secondary N) is 1. The Kier molecular flexibility index (Phi) is 4.95. The molecule has 1 aliphatic rings. The van der Waals surface area contributed by atoms with Gasteiger partial charge >= 0.3 is 0 Å². The Morgan fingerprint density at radius 2 is 1.79 bits per heavy atom. The van der Waals surface area contributed by atoms with Crippen molar-refractivity contribution in [2.45, 2.75) is 38.4 Å². The zero-order valence-corrected chi connectivity index (χ0v) is 14.1. The Labute approximate surface area is 142 Å². The summed E-state index contributed by atoms with van der Waals surface area (Å²) in [6, 6.07) is 14.4. The van der Waals surface area contributed by atoms with E-state index in [1.54, 1.807) is 12.1 Å². The number of carbonyl (C=O) groups is 1. The SMILES string of the molecule is Cc1ccc(CN(C)[C@@H](C(=O)NC2CC2)c2ccc(F)cc2)cc1. The van der Waals surface area contributed by atoms with Crippen molar-refractivity contribution >= 4 is 5.91 Å². The molecule has 126 valence electrons. The van der Waals surface area contributed by atoms with Gasteiger partial charge in [-0.25, -0.2) is 4.39 Å². The fourth-order valence-electron chi connectivity index (χ4n) is 2.83. The van der Waals surface area contributed by atoms with Crippen LogP contribution in [0.4, 0.5) is 4.39 Å². The van der Waals surface area contributed by atoms with E-state index in [-0.39, 0.29) is 11.7 Å². The molecule has 0 spiro atoms. The molecule has 0 heterocycles. The Bertz CT molecular complexity index is 693. The number of hydrogen-bond acceptors (Lipinski definition) is 2. The quantitative estimate of drug-likeness (QED) is 0.880. The lowest BCUT2D eigenvalue weighted by atomic mass is 10.0. The first kappa shape index (κ1) is 16.7. The molecule has 2 aromatic carbocycles. The minimum Gasteiger partial charge on any atom is -0.352 e. The van der Waals surface area contributed by atoms with E-state index in [4.69, 9.17) is 0 Å². The molecule has 4 heteroatoms. The summed E-state index contributed by atoms with van der Waals surface area (Å²) in [7, 11) is 1.93. The highest BCUT2D eigenvalue weighted by molar-refractivity contribution is 5.83. The zero-order chi connectivity index (χ0) is 17.1. The zero-order valence-electron chi connectivity index (χ0n) is 14.1. The Morgan fingerprint density at radius 1 is 1.17 bits per heavy atom. The first-order valence-corrected chi connectivity index (χ1v) is 8.34. The smallest absolute Gasteiger partial charge is 0.242 e. The topological polar surface area (TPSA) is 32.3 Å². The van der Waals surface area contributed by atoms with Gasteiger partial charge in [-0.3, -0.25) is 9.69 Å². The molecule has 3 nitrogen and oxygen atoms in total. The molecule has 1 fully saturated rings. The molecular formula is C20H23FN2O. The molecule has 0 aromatic heterocycles. The molecule has 1 atom stereocenters. The van der Waals surface area contributed by atoms with Crippen LogP contribution in [0.1, 0.15) is 35.6 Å². The maximum Gasteiger partial charge on any atom is 0.242 e. The minimum atomic E-state index is -0.424. The summed E-state index contributed by atoms with van der Waals surface area (Å²) in [6.45, 7) is 2.71. The highest BCUT2D eigenvalue weighted by Crippen LogP contribution is 2.25. The fourth-order valence-corrected chi connectivity index (χ4v) is 2.83. The van der Waals surface area contributed by atoms with Gasteiger partial charge in [-0.05, 0) is 50.1 Å². The number of likely N-dealkylation sites (N-methyl/N-ethyl adjacent to an activating group) is 1. The number of hydrogen-bond donors (Lipinski definition) is 1. The number of halogens is 1. The molecular weight excluding hydrogens is 303 g/mol. The summed E-state index contributed by atoms with van der Waals surface area (Å²) < 4.78 is 13.2. The molecule has 2 aromatic rings. The number of aryl methyl sites for hydroxylation is 1. The number of benzene rings is 2. The highest BCUT2D eigenvalue weighted by Gasteiger charge is 2.30. The second-order valence-electron chi connectivity index (χ2n) is 6.64. The van der Waals surface area contributed by atoms with E-state index >= 15 is 0 Å². The van der Waals surface area contributed by atoms with Crippen LogP contribution in [0, 0.1) is 12.7 Å². The largest absolute Gasteiger partial charge is 0.352 e. The van der Waals surface area contributed by atoms with Crippen molar-refractivity contribution in [3.8, 4) is 0 Å². The lowest BCUT2D eigenvalue weighted by Gasteiger charge is -2.28. The van der Waals surface area contributed by atoms with E-state index in [9.17, 15) is 9.18 Å². The minimum absolute atomic E-state index is 0.0151. The van der Waals surface area contributed by atoms with Crippen LogP contribution in [0.3, 0.4) is 0 Å². The lowest BCUT2D eigenvalue weighted by molar-refractivity contribution is -0.126. The molecule has 0 bridgehead atoms. The van der Waals surface area contributed by atoms with Crippen molar-refractivity contribution in [1.29, 1.82) is 0 Å². The Balaban J connectivity index is 1.80. The number of nitrogens with zero attached hydrogens (tertiary/aromatic N) is 1. The van der Waals surface area contributed by atoms with Crippen LogP contribution >= 0.6 is 0 Å². The monoisotopic (exact) mass is 326 g/mol. The highest BCUT2D eigenvalue weighted by atomic mass is 19.1. The van der Waals surface area contributed by atoms with Crippen LogP contribution in [0.25, 0.3) is 0 Å². The van der Waals surface area contributed by atoms with Gasteiger partial charge in [-0.1, -0.05) is 42.0 Å². The first-order chi connectivity index (χ1) is 11.5. The fraction of sp³-hybridized carbons (Fsp3) is 0.350. The standard InChI is InChI=1S/C20H23FN2O/c1-14-3-5-15(6-4-14)13-23(2)19(20(24)22-18-11-12-18)16-7-9-17(21)10-8-16/h3-10,18-19H,11-13H2,1-2H3,(H,22,24)/t19-/m1/s1. The van der Waals surface area contributed by atoms with Crippen molar-refractivity contribution in [2.75, 3.05) is 7.05 Å². The van der Waals surface area contributed by atoms with Gasteiger partial charge < -0.3 is 5.32 Å². The van der Waals surface area contributed by atoms with Gasteiger partial charge in [0.1, 0.15) is 11.9 Å². The van der Waals surface area contributed by atoms with Gasteiger partial charge in [0.25, 0.3) is 0 Å². The van der Waals surface area contributed by atoms with Crippen LogP contribution in [-0.2, 0) is 11.3 Å². The van der Waals surface area contributed by atoms with E-state index in [0.717, 1.165) is 24.0 Å². The molecule has 1 amide bonds. The van der Waals surface area contributed by atoms with Crippen molar-refractivity contribution in [3.05, 3.63) is 71.0 Å². The molecule has 1 saturated carbocycles. The van der Waals surface area contributed by atoms with Crippen LogP contribution < -0.4 is 5.32 Å². The third kappa shape index (κ3) is 4.20. The third-order valence-corrected chi connectivity index (χ3v) is 4.35. The van der Waals surface area contributed by atoms with Crippen LogP contribution in [0.2, 0.25) is 0 Å². The van der Waals surface area contributed by atoms with E-state index in [1.807, 2.05) is 11.9 Å². The van der Waals surface area contributed by atoms with Gasteiger partial charge in [0.05, 0.1) is 0 Å². The number of amides is 1. The molecule has 0 radical (unpaired) electrons. The predicted octanol–water partition coefficient (Wildman–Crippen LogP) is 3.59. The molecule has 1 N–H and O–H groups in total. The molecule has 0 aliphatic heterocycles. The molecule has 0 saturated heterocycles. The van der Waals surface area contributed by atoms with E-state index < -0.39 is 6.04 Å². The van der Waals surface area contributed by atoms with Gasteiger partial charge in [-0.2, -0.15) is 0 Å². The summed E-state index contributed by atoms with van der Waals surface area (Å²) in [4.78, 5) is 14.7. The molecule has 0 unspecified atom stereocenters. The Hall–Kier alpha value is -2.20. The predicted molar refractivity (Wildman–Crippen MR) is 93.0 cm³/mol. The molecule has 3 rings (SSSR count). The van der Waals surface area contributed by atoms with Crippen molar-refractivity contribution in [3.63, 3.8) is 0 Å². The van der Waals surface area contributed by atoms with E-state index in [1.165, 1.54) is 17.7 Å². The van der Waals surface area contributed by atoms with Crippen LogP contribution in [-0.4, -0.2) is 23.9 Å². The molecule has 24 heavy (non-hydrogen) atoms. The van der Waals surface area contributed by atoms with E-state index in [2.05, 4.69) is 36.5 Å². The van der Waals surface area contributed by atoms with Crippen molar-refractivity contribution < 1.29 is 9.18 Å².